The van der Waals surface area contributed by atoms with E-state index in [0.717, 1.165) is 24.1 Å². The van der Waals surface area contributed by atoms with Crippen LogP contribution >= 0.6 is 11.6 Å². The van der Waals surface area contributed by atoms with Gasteiger partial charge in [-0.3, -0.25) is 4.79 Å². The van der Waals surface area contributed by atoms with E-state index in [2.05, 4.69) is 12.0 Å². The first kappa shape index (κ1) is 13.8. The molecule has 0 aliphatic heterocycles. The molecule has 0 amide bonds. The fraction of sp³-hybridized carbons (Fsp3) is 0.333. The molecule has 0 saturated heterocycles. The van der Waals surface area contributed by atoms with Crippen molar-refractivity contribution in [1.82, 2.24) is 9.78 Å². The summed E-state index contributed by atoms with van der Waals surface area (Å²) < 4.78 is 1.56. The molecular formula is C15H17ClN2O. The third-order valence-electron chi connectivity index (χ3n) is 3.09. The molecular weight excluding hydrogens is 260 g/mol. The highest BCUT2D eigenvalue weighted by molar-refractivity contribution is 6.30. The first-order valence-electron chi connectivity index (χ1n) is 6.47. The van der Waals surface area contributed by atoms with E-state index < -0.39 is 0 Å². The zero-order chi connectivity index (χ0) is 13.8. The summed E-state index contributed by atoms with van der Waals surface area (Å²) in [7, 11) is 0. The number of hydrogen-bond acceptors (Lipinski definition) is 2. The third-order valence-corrected chi connectivity index (χ3v) is 3.34. The maximum absolute atomic E-state index is 11.9. The van der Waals surface area contributed by atoms with Gasteiger partial charge in [0.05, 0.1) is 11.7 Å². The van der Waals surface area contributed by atoms with Crippen LogP contribution in [0.15, 0.2) is 41.2 Å². The molecule has 1 aromatic heterocycles. The van der Waals surface area contributed by atoms with Crippen LogP contribution in [0.5, 0.6) is 0 Å². The molecule has 1 aromatic carbocycles. The van der Waals surface area contributed by atoms with Crippen molar-refractivity contribution in [3.05, 3.63) is 51.8 Å². The summed E-state index contributed by atoms with van der Waals surface area (Å²) in [6.07, 6.45) is 1.97. The largest absolute Gasteiger partial charge is 0.268 e. The van der Waals surface area contributed by atoms with Crippen LogP contribution in [-0.4, -0.2) is 9.78 Å². The van der Waals surface area contributed by atoms with Gasteiger partial charge in [0.25, 0.3) is 5.56 Å². The quantitative estimate of drug-likeness (QED) is 0.848. The van der Waals surface area contributed by atoms with Gasteiger partial charge in [-0.1, -0.05) is 37.1 Å². The smallest absolute Gasteiger partial charge is 0.267 e. The Balaban J connectivity index is 2.40. The fourth-order valence-electron chi connectivity index (χ4n) is 2.06. The molecule has 100 valence electrons. The molecule has 4 heteroatoms. The van der Waals surface area contributed by atoms with E-state index in [-0.39, 0.29) is 11.6 Å². The van der Waals surface area contributed by atoms with Crippen LogP contribution in [0.1, 0.15) is 32.7 Å². The zero-order valence-electron chi connectivity index (χ0n) is 11.1. The SMILES string of the molecule is CCCC(C)n1nc(-c2ccc(Cl)cc2)ccc1=O. The average Bonchev–Trinajstić information content (AvgIpc) is 2.40. The number of nitrogens with zero attached hydrogens (tertiary/aromatic N) is 2. The molecule has 2 rings (SSSR count). The van der Waals surface area contributed by atoms with E-state index in [1.54, 1.807) is 16.8 Å². The molecule has 0 bridgehead atoms. The minimum absolute atomic E-state index is 0.0568. The summed E-state index contributed by atoms with van der Waals surface area (Å²) in [6, 6.07) is 10.9. The molecule has 0 aliphatic rings. The predicted molar refractivity (Wildman–Crippen MR) is 78.6 cm³/mol. The minimum atomic E-state index is -0.0568. The third kappa shape index (κ3) is 3.24. The molecule has 0 spiro atoms. The summed E-state index contributed by atoms with van der Waals surface area (Å²) in [5.41, 5.74) is 1.69. The molecule has 2 aromatic rings. The normalized spacial score (nSPS) is 12.4. The van der Waals surface area contributed by atoms with Crippen LogP contribution in [0.25, 0.3) is 11.3 Å². The molecule has 3 nitrogen and oxygen atoms in total. The van der Waals surface area contributed by atoms with Gasteiger partial charge in [-0.05, 0) is 31.5 Å². The summed E-state index contributed by atoms with van der Waals surface area (Å²) in [4.78, 5) is 11.9. The summed E-state index contributed by atoms with van der Waals surface area (Å²) in [5, 5.41) is 5.14. The van der Waals surface area contributed by atoms with Crippen LogP contribution in [0.2, 0.25) is 5.02 Å². The van der Waals surface area contributed by atoms with E-state index >= 15 is 0 Å². The highest BCUT2D eigenvalue weighted by atomic mass is 35.5. The lowest BCUT2D eigenvalue weighted by molar-refractivity contribution is 0.435. The molecule has 0 saturated carbocycles. The number of benzene rings is 1. The van der Waals surface area contributed by atoms with E-state index in [9.17, 15) is 4.79 Å². The lowest BCUT2D eigenvalue weighted by Gasteiger charge is -2.13. The van der Waals surface area contributed by atoms with Crippen molar-refractivity contribution < 1.29 is 0 Å². The highest BCUT2D eigenvalue weighted by Crippen LogP contribution is 2.19. The predicted octanol–water partition coefficient (Wildman–Crippen LogP) is 3.92. The number of hydrogen-bond donors (Lipinski definition) is 0. The van der Waals surface area contributed by atoms with Gasteiger partial charge in [-0.2, -0.15) is 5.10 Å². The first-order chi connectivity index (χ1) is 9.11. The van der Waals surface area contributed by atoms with Crippen molar-refractivity contribution >= 4 is 11.6 Å². The number of aromatic nitrogens is 2. The van der Waals surface area contributed by atoms with E-state index in [1.165, 1.54) is 0 Å². The van der Waals surface area contributed by atoms with Crippen LogP contribution in [0.4, 0.5) is 0 Å². The van der Waals surface area contributed by atoms with E-state index in [0.29, 0.717) is 5.02 Å². The molecule has 19 heavy (non-hydrogen) atoms. The van der Waals surface area contributed by atoms with Crippen molar-refractivity contribution in [3.63, 3.8) is 0 Å². The molecule has 0 radical (unpaired) electrons. The Morgan fingerprint density at radius 2 is 1.89 bits per heavy atom. The van der Waals surface area contributed by atoms with Gasteiger partial charge in [0, 0.05) is 16.7 Å². The van der Waals surface area contributed by atoms with Gasteiger partial charge in [0.1, 0.15) is 0 Å². The van der Waals surface area contributed by atoms with Crippen LogP contribution in [-0.2, 0) is 0 Å². The van der Waals surface area contributed by atoms with E-state index in [1.807, 2.05) is 31.2 Å². The zero-order valence-corrected chi connectivity index (χ0v) is 11.9. The second kappa shape index (κ2) is 6.02. The summed E-state index contributed by atoms with van der Waals surface area (Å²) in [5.74, 6) is 0. The Kier molecular flexibility index (Phi) is 4.38. The average molecular weight is 277 g/mol. The Morgan fingerprint density at radius 1 is 1.21 bits per heavy atom. The molecule has 0 fully saturated rings. The fourth-order valence-corrected chi connectivity index (χ4v) is 2.18. The molecule has 1 heterocycles. The second-order valence-electron chi connectivity index (χ2n) is 4.65. The maximum Gasteiger partial charge on any atom is 0.267 e. The van der Waals surface area contributed by atoms with Crippen molar-refractivity contribution in [2.75, 3.05) is 0 Å². The van der Waals surface area contributed by atoms with Gasteiger partial charge in [-0.25, -0.2) is 4.68 Å². The topological polar surface area (TPSA) is 34.9 Å². The van der Waals surface area contributed by atoms with Gasteiger partial charge in [-0.15, -0.1) is 0 Å². The van der Waals surface area contributed by atoms with Gasteiger partial charge >= 0.3 is 0 Å². The van der Waals surface area contributed by atoms with Crippen molar-refractivity contribution in [3.8, 4) is 11.3 Å². The summed E-state index contributed by atoms with van der Waals surface area (Å²) in [6.45, 7) is 4.12. The van der Waals surface area contributed by atoms with Gasteiger partial charge in [0.2, 0.25) is 0 Å². The first-order valence-corrected chi connectivity index (χ1v) is 6.85. The van der Waals surface area contributed by atoms with Crippen LogP contribution in [0.3, 0.4) is 0 Å². The minimum Gasteiger partial charge on any atom is -0.268 e. The Labute approximate surface area is 117 Å². The maximum atomic E-state index is 11.9. The van der Waals surface area contributed by atoms with Crippen LogP contribution < -0.4 is 5.56 Å². The number of halogens is 1. The molecule has 1 unspecified atom stereocenters. The summed E-state index contributed by atoms with van der Waals surface area (Å²) >= 11 is 5.87. The van der Waals surface area contributed by atoms with E-state index in [4.69, 9.17) is 11.6 Å². The highest BCUT2D eigenvalue weighted by Gasteiger charge is 2.09. The monoisotopic (exact) mass is 276 g/mol. The number of rotatable bonds is 4. The van der Waals surface area contributed by atoms with Crippen LogP contribution in [0, 0.1) is 0 Å². The second-order valence-corrected chi connectivity index (χ2v) is 5.08. The molecule has 0 aliphatic carbocycles. The Morgan fingerprint density at radius 3 is 2.53 bits per heavy atom. The Bertz CT molecular complexity index is 604. The van der Waals surface area contributed by atoms with Gasteiger partial charge < -0.3 is 0 Å². The lowest BCUT2D eigenvalue weighted by Crippen LogP contribution is -2.25. The van der Waals surface area contributed by atoms with Crippen molar-refractivity contribution in [1.29, 1.82) is 0 Å². The standard InChI is InChI=1S/C15H17ClN2O/c1-3-4-11(2)18-15(19)10-9-14(17-18)12-5-7-13(16)8-6-12/h5-11H,3-4H2,1-2H3. The molecule has 0 N–H and O–H groups in total. The lowest BCUT2D eigenvalue weighted by atomic mass is 10.1. The Hall–Kier alpha value is -1.61. The van der Waals surface area contributed by atoms with Crippen molar-refractivity contribution in [2.24, 2.45) is 0 Å². The van der Waals surface area contributed by atoms with Gasteiger partial charge in [0.15, 0.2) is 0 Å². The van der Waals surface area contributed by atoms with Crippen molar-refractivity contribution in [2.45, 2.75) is 32.7 Å². The molecule has 1 atom stereocenters.